The third-order valence-electron chi connectivity index (χ3n) is 3.74. The van der Waals surface area contributed by atoms with Gasteiger partial charge in [-0.1, -0.05) is 11.6 Å². The van der Waals surface area contributed by atoms with E-state index in [2.05, 4.69) is 0 Å². The van der Waals surface area contributed by atoms with Gasteiger partial charge in [-0.05, 0) is 31.0 Å². The molecule has 1 saturated heterocycles. The minimum Gasteiger partial charge on any atom is -0.399 e. The molecule has 0 spiro atoms. The van der Waals surface area contributed by atoms with E-state index in [0.717, 1.165) is 0 Å². The Morgan fingerprint density at radius 1 is 1.24 bits per heavy atom. The lowest BCUT2D eigenvalue weighted by Gasteiger charge is -2.32. The fraction of sp³-hybridized carbons (Fsp3) is 0.467. The van der Waals surface area contributed by atoms with Gasteiger partial charge in [0.05, 0.1) is 0 Å². The Bertz CT molecular complexity index is 532. The SMILES string of the molecule is CN(C)C(=O)C1CCN(C(=O)c2cc(N)cc(Cl)c2)CC1. The number of halogens is 1. The van der Waals surface area contributed by atoms with Gasteiger partial charge >= 0.3 is 0 Å². The van der Waals surface area contributed by atoms with Crippen LogP contribution in [0.5, 0.6) is 0 Å². The smallest absolute Gasteiger partial charge is 0.253 e. The predicted octanol–water partition coefficient (Wildman–Crippen LogP) is 1.86. The molecule has 0 unspecified atom stereocenters. The van der Waals surface area contributed by atoms with Crippen molar-refractivity contribution < 1.29 is 9.59 Å². The molecule has 21 heavy (non-hydrogen) atoms. The Morgan fingerprint density at radius 2 is 1.86 bits per heavy atom. The van der Waals surface area contributed by atoms with Crippen LogP contribution in [0.2, 0.25) is 5.02 Å². The molecule has 1 aromatic carbocycles. The third kappa shape index (κ3) is 3.67. The molecule has 0 radical (unpaired) electrons. The summed E-state index contributed by atoms with van der Waals surface area (Å²) in [6, 6.07) is 4.86. The summed E-state index contributed by atoms with van der Waals surface area (Å²) in [5, 5.41) is 0.455. The molecule has 6 heteroatoms. The molecule has 2 amide bonds. The maximum Gasteiger partial charge on any atom is 0.253 e. The van der Waals surface area contributed by atoms with Crippen molar-refractivity contribution in [2.24, 2.45) is 5.92 Å². The summed E-state index contributed by atoms with van der Waals surface area (Å²) >= 11 is 5.93. The second kappa shape index (κ2) is 6.35. The molecule has 0 aliphatic carbocycles. The number of carbonyl (C=O) groups is 2. The molecule has 114 valence electrons. The van der Waals surface area contributed by atoms with Crippen molar-refractivity contribution in [3.05, 3.63) is 28.8 Å². The van der Waals surface area contributed by atoms with Crippen LogP contribution in [0.4, 0.5) is 5.69 Å². The molecule has 0 bridgehead atoms. The number of piperidine rings is 1. The maximum absolute atomic E-state index is 12.4. The zero-order valence-electron chi connectivity index (χ0n) is 12.3. The van der Waals surface area contributed by atoms with Gasteiger partial charge in [-0.3, -0.25) is 9.59 Å². The Kier molecular flexibility index (Phi) is 4.73. The fourth-order valence-corrected chi connectivity index (χ4v) is 2.86. The number of nitrogens with two attached hydrogens (primary N) is 1. The van der Waals surface area contributed by atoms with Gasteiger partial charge < -0.3 is 15.5 Å². The van der Waals surface area contributed by atoms with E-state index in [0.29, 0.717) is 42.2 Å². The van der Waals surface area contributed by atoms with Crippen LogP contribution in [0.3, 0.4) is 0 Å². The highest BCUT2D eigenvalue weighted by Gasteiger charge is 2.28. The van der Waals surface area contributed by atoms with Crippen LogP contribution in [-0.2, 0) is 4.79 Å². The second-order valence-corrected chi connectivity index (χ2v) is 6.01. The number of nitrogen functional groups attached to an aromatic ring is 1. The number of carbonyl (C=O) groups excluding carboxylic acids is 2. The summed E-state index contributed by atoms with van der Waals surface area (Å²) in [6.45, 7) is 1.16. The zero-order valence-corrected chi connectivity index (χ0v) is 13.1. The molecule has 1 aromatic rings. The Morgan fingerprint density at radius 3 is 2.38 bits per heavy atom. The Hall–Kier alpha value is -1.75. The molecule has 1 aliphatic heterocycles. The number of hydrogen-bond acceptors (Lipinski definition) is 3. The summed E-state index contributed by atoms with van der Waals surface area (Å²) in [6.07, 6.45) is 1.39. The number of anilines is 1. The van der Waals surface area contributed by atoms with Crippen LogP contribution in [0.25, 0.3) is 0 Å². The number of hydrogen-bond donors (Lipinski definition) is 1. The van der Waals surface area contributed by atoms with E-state index in [1.807, 2.05) is 0 Å². The summed E-state index contributed by atoms with van der Waals surface area (Å²) in [5.74, 6) is 0.0579. The van der Waals surface area contributed by atoms with Gasteiger partial charge in [0.25, 0.3) is 5.91 Å². The summed E-state index contributed by atoms with van der Waals surface area (Å²) in [4.78, 5) is 27.7. The number of benzene rings is 1. The number of likely N-dealkylation sites (tertiary alicyclic amines) is 1. The highest BCUT2D eigenvalue weighted by Crippen LogP contribution is 2.23. The van der Waals surface area contributed by atoms with Crippen molar-refractivity contribution in [2.75, 3.05) is 32.9 Å². The lowest BCUT2D eigenvalue weighted by molar-refractivity contribution is -0.134. The van der Waals surface area contributed by atoms with Crippen molar-refractivity contribution in [1.82, 2.24) is 9.80 Å². The first-order chi connectivity index (χ1) is 9.88. The Balaban J connectivity index is 2.02. The van der Waals surface area contributed by atoms with Crippen LogP contribution in [-0.4, -0.2) is 48.8 Å². The third-order valence-corrected chi connectivity index (χ3v) is 3.96. The van der Waals surface area contributed by atoms with E-state index >= 15 is 0 Å². The van der Waals surface area contributed by atoms with Gasteiger partial charge in [-0.2, -0.15) is 0 Å². The molecule has 0 atom stereocenters. The lowest BCUT2D eigenvalue weighted by atomic mass is 9.95. The molecule has 1 heterocycles. The van der Waals surface area contributed by atoms with Crippen molar-refractivity contribution >= 4 is 29.1 Å². The summed E-state index contributed by atoms with van der Waals surface area (Å²) in [5.41, 5.74) is 6.69. The number of amides is 2. The van der Waals surface area contributed by atoms with Crippen LogP contribution in [0.1, 0.15) is 23.2 Å². The van der Waals surface area contributed by atoms with E-state index in [9.17, 15) is 9.59 Å². The minimum atomic E-state index is -0.0834. The van der Waals surface area contributed by atoms with Crippen LogP contribution in [0.15, 0.2) is 18.2 Å². The number of rotatable bonds is 2. The lowest BCUT2D eigenvalue weighted by Crippen LogP contribution is -2.42. The van der Waals surface area contributed by atoms with Crippen molar-refractivity contribution in [3.8, 4) is 0 Å². The topological polar surface area (TPSA) is 66.6 Å². The van der Waals surface area contributed by atoms with Gasteiger partial charge in [0.2, 0.25) is 5.91 Å². The molecule has 2 rings (SSSR count). The van der Waals surface area contributed by atoms with Gasteiger partial charge in [0.1, 0.15) is 0 Å². The summed E-state index contributed by atoms with van der Waals surface area (Å²) in [7, 11) is 3.52. The standard InChI is InChI=1S/C15H20ClN3O2/c1-18(2)14(20)10-3-5-19(6-4-10)15(21)11-7-12(16)9-13(17)8-11/h7-10H,3-6,17H2,1-2H3. The first kappa shape index (κ1) is 15.6. The van der Waals surface area contributed by atoms with Gasteiger partial charge in [0, 0.05) is 49.4 Å². The number of nitrogens with zero attached hydrogens (tertiary/aromatic N) is 2. The average Bonchev–Trinajstić information content (AvgIpc) is 2.44. The quantitative estimate of drug-likeness (QED) is 0.848. The normalized spacial score (nSPS) is 15.9. The molecule has 2 N–H and O–H groups in total. The monoisotopic (exact) mass is 309 g/mol. The van der Waals surface area contributed by atoms with Crippen molar-refractivity contribution in [1.29, 1.82) is 0 Å². The molecule has 1 aliphatic rings. The molecule has 1 fully saturated rings. The van der Waals surface area contributed by atoms with Crippen LogP contribution >= 0.6 is 11.6 Å². The maximum atomic E-state index is 12.4. The zero-order chi connectivity index (χ0) is 15.6. The molecular formula is C15H20ClN3O2. The van der Waals surface area contributed by atoms with Crippen LogP contribution in [0, 0.1) is 5.92 Å². The van der Waals surface area contributed by atoms with Crippen molar-refractivity contribution in [2.45, 2.75) is 12.8 Å². The second-order valence-electron chi connectivity index (χ2n) is 5.57. The predicted molar refractivity (Wildman–Crippen MR) is 83.2 cm³/mol. The van der Waals surface area contributed by atoms with E-state index in [1.165, 1.54) is 0 Å². The largest absolute Gasteiger partial charge is 0.399 e. The van der Waals surface area contributed by atoms with Gasteiger partial charge in [0.15, 0.2) is 0 Å². The summed E-state index contributed by atoms with van der Waals surface area (Å²) < 4.78 is 0. The van der Waals surface area contributed by atoms with Gasteiger partial charge in [-0.15, -0.1) is 0 Å². The molecule has 0 aromatic heterocycles. The first-order valence-electron chi connectivity index (χ1n) is 6.95. The molecule has 0 saturated carbocycles. The molecular weight excluding hydrogens is 290 g/mol. The Labute approximate surface area is 129 Å². The fourth-order valence-electron chi connectivity index (χ4n) is 2.61. The average molecular weight is 310 g/mol. The van der Waals surface area contributed by atoms with E-state index in [-0.39, 0.29) is 17.7 Å². The van der Waals surface area contributed by atoms with E-state index < -0.39 is 0 Å². The van der Waals surface area contributed by atoms with Crippen molar-refractivity contribution in [3.63, 3.8) is 0 Å². The van der Waals surface area contributed by atoms with Crippen LogP contribution < -0.4 is 5.73 Å². The van der Waals surface area contributed by atoms with Gasteiger partial charge in [-0.25, -0.2) is 0 Å². The highest BCUT2D eigenvalue weighted by atomic mass is 35.5. The first-order valence-corrected chi connectivity index (χ1v) is 7.33. The van der Waals surface area contributed by atoms with E-state index in [1.54, 1.807) is 42.1 Å². The molecule has 5 nitrogen and oxygen atoms in total. The minimum absolute atomic E-state index is 0.00785. The highest BCUT2D eigenvalue weighted by molar-refractivity contribution is 6.31. The van der Waals surface area contributed by atoms with E-state index in [4.69, 9.17) is 17.3 Å².